The summed E-state index contributed by atoms with van der Waals surface area (Å²) < 4.78 is 6.22. The van der Waals surface area contributed by atoms with Crippen LogP contribution in [-0.2, 0) is 6.42 Å². The van der Waals surface area contributed by atoms with E-state index in [0.717, 1.165) is 15.8 Å². The summed E-state index contributed by atoms with van der Waals surface area (Å²) in [6.07, 6.45) is 5.88. The molecule has 0 aliphatic heterocycles. The molecule has 0 saturated heterocycles. The first-order chi connectivity index (χ1) is 7.79. The topological polar surface area (TPSA) is 64.1 Å². The average Bonchev–Trinajstić information content (AvgIpc) is 2.78. The molecule has 2 rings (SSSR count). The first-order valence-electron chi connectivity index (χ1n) is 4.88. The van der Waals surface area contributed by atoms with E-state index in [9.17, 15) is 0 Å². The second-order valence-electron chi connectivity index (χ2n) is 3.44. The normalized spacial score (nSPS) is 12.6. The summed E-state index contributed by atoms with van der Waals surface area (Å²) >= 11 is 3.38. The van der Waals surface area contributed by atoms with E-state index in [0.29, 0.717) is 6.42 Å². The highest BCUT2D eigenvalue weighted by Gasteiger charge is 2.12. The summed E-state index contributed by atoms with van der Waals surface area (Å²) in [7, 11) is 0. The molecule has 0 fully saturated rings. The number of hydrazine groups is 1. The number of halogens is 1. The summed E-state index contributed by atoms with van der Waals surface area (Å²) in [5.74, 6) is 6.43. The van der Waals surface area contributed by atoms with Gasteiger partial charge in [0.2, 0.25) is 0 Å². The van der Waals surface area contributed by atoms with E-state index in [1.54, 1.807) is 18.7 Å². The van der Waals surface area contributed by atoms with E-state index in [-0.39, 0.29) is 6.04 Å². The lowest BCUT2D eigenvalue weighted by molar-refractivity contribution is 0.454. The summed E-state index contributed by atoms with van der Waals surface area (Å²) in [6.45, 7) is 0. The van der Waals surface area contributed by atoms with Crippen LogP contribution in [0.4, 0.5) is 0 Å². The Hall–Kier alpha value is -1.17. The monoisotopic (exact) mass is 281 g/mol. The van der Waals surface area contributed by atoms with Crippen molar-refractivity contribution in [2.75, 3.05) is 0 Å². The fraction of sp³-hybridized carbons (Fsp3) is 0.182. The Morgan fingerprint density at radius 3 is 3.00 bits per heavy atom. The fourth-order valence-electron chi connectivity index (χ4n) is 1.52. The number of pyridine rings is 1. The number of aromatic nitrogens is 1. The molecule has 16 heavy (non-hydrogen) atoms. The number of hydrogen-bond acceptors (Lipinski definition) is 4. The molecule has 0 radical (unpaired) electrons. The van der Waals surface area contributed by atoms with Gasteiger partial charge in [0.15, 0.2) is 0 Å². The van der Waals surface area contributed by atoms with Gasteiger partial charge in [0.1, 0.15) is 5.76 Å². The number of rotatable bonds is 4. The molecule has 2 heterocycles. The van der Waals surface area contributed by atoms with E-state index in [1.807, 2.05) is 18.2 Å². The second kappa shape index (κ2) is 5.25. The predicted molar refractivity (Wildman–Crippen MR) is 64.4 cm³/mol. The Morgan fingerprint density at radius 1 is 1.50 bits per heavy atom. The van der Waals surface area contributed by atoms with Crippen LogP contribution in [0.3, 0.4) is 0 Å². The smallest absolute Gasteiger partial charge is 0.105 e. The molecule has 0 bridgehead atoms. The molecule has 1 unspecified atom stereocenters. The van der Waals surface area contributed by atoms with Crippen molar-refractivity contribution >= 4 is 15.9 Å². The van der Waals surface area contributed by atoms with E-state index in [4.69, 9.17) is 10.3 Å². The molecule has 5 heteroatoms. The zero-order valence-electron chi connectivity index (χ0n) is 8.56. The number of nitrogens with two attached hydrogens (primary N) is 1. The van der Waals surface area contributed by atoms with Crippen LogP contribution in [0.5, 0.6) is 0 Å². The van der Waals surface area contributed by atoms with E-state index < -0.39 is 0 Å². The fourth-order valence-corrected chi connectivity index (χ4v) is 1.90. The van der Waals surface area contributed by atoms with Gasteiger partial charge in [-0.3, -0.25) is 16.3 Å². The SMILES string of the molecule is NNC(Cc1ccco1)c1cncc(Br)c1. The molecule has 0 aliphatic rings. The minimum absolute atomic E-state index is 0.00356. The third-order valence-corrected chi connectivity index (χ3v) is 2.75. The second-order valence-corrected chi connectivity index (χ2v) is 4.35. The molecule has 0 aliphatic carbocycles. The molecule has 0 spiro atoms. The van der Waals surface area contributed by atoms with Crippen molar-refractivity contribution in [1.29, 1.82) is 0 Å². The quantitative estimate of drug-likeness (QED) is 0.666. The van der Waals surface area contributed by atoms with E-state index in [2.05, 4.69) is 26.3 Å². The van der Waals surface area contributed by atoms with Gasteiger partial charge in [-0.2, -0.15) is 0 Å². The number of nitrogens with one attached hydrogen (secondary N) is 1. The minimum atomic E-state index is -0.00356. The van der Waals surface area contributed by atoms with Crippen LogP contribution in [0.25, 0.3) is 0 Å². The summed E-state index contributed by atoms with van der Waals surface area (Å²) in [6, 6.07) is 5.77. The number of furan rings is 1. The van der Waals surface area contributed by atoms with Gasteiger partial charge in [-0.05, 0) is 39.7 Å². The first-order valence-corrected chi connectivity index (χ1v) is 5.68. The Kier molecular flexibility index (Phi) is 3.71. The molecule has 0 amide bonds. The number of nitrogens with zero attached hydrogens (tertiary/aromatic N) is 1. The van der Waals surface area contributed by atoms with Gasteiger partial charge >= 0.3 is 0 Å². The highest BCUT2D eigenvalue weighted by molar-refractivity contribution is 9.10. The van der Waals surface area contributed by atoms with Gasteiger partial charge < -0.3 is 4.42 Å². The van der Waals surface area contributed by atoms with Gasteiger partial charge in [0.05, 0.1) is 12.3 Å². The third-order valence-electron chi connectivity index (χ3n) is 2.31. The Balaban J connectivity index is 2.16. The Morgan fingerprint density at radius 2 is 2.38 bits per heavy atom. The molecule has 0 aromatic carbocycles. The largest absolute Gasteiger partial charge is 0.469 e. The van der Waals surface area contributed by atoms with Crippen LogP contribution in [0.15, 0.2) is 45.7 Å². The lowest BCUT2D eigenvalue weighted by Gasteiger charge is -2.14. The van der Waals surface area contributed by atoms with Crippen LogP contribution >= 0.6 is 15.9 Å². The maximum Gasteiger partial charge on any atom is 0.105 e. The van der Waals surface area contributed by atoms with Crippen molar-refractivity contribution in [3.05, 3.63) is 52.7 Å². The van der Waals surface area contributed by atoms with Crippen molar-refractivity contribution in [3.8, 4) is 0 Å². The van der Waals surface area contributed by atoms with E-state index >= 15 is 0 Å². The standard InChI is InChI=1S/C11H12BrN3O/c12-9-4-8(6-14-7-9)11(15-13)5-10-2-1-3-16-10/h1-4,6-7,11,15H,5,13H2. The number of hydrogen-bond donors (Lipinski definition) is 2. The van der Waals surface area contributed by atoms with Gasteiger partial charge in [-0.25, -0.2) is 0 Å². The molecule has 2 aromatic rings. The van der Waals surface area contributed by atoms with Gasteiger partial charge in [0.25, 0.3) is 0 Å². The highest BCUT2D eigenvalue weighted by Crippen LogP contribution is 2.20. The third kappa shape index (κ3) is 2.69. The highest BCUT2D eigenvalue weighted by atomic mass is 79.9. The lowest BCUT2D eigenvalue weighted by atomic mass is 10.1. The molecule has 0 saturated carbocycles. The van der Waals surface area contributed by atoms with Gasteiger partial charge in [-0.15, -0.1) is 0 Å². The van der Waals surface area contributed by atoms with E-state index in [1.165, 1.54) is 0 Å². The molecular formula is C11H12BrN3O. The van der Waals surface area contributed by atoms with Crippen molar-refractivity contribution < 1.29 is 4.42 Å². The maximum absolute atomic E-state index is 5.54. The molecule has 1 atom stereocenters. The molecule has 3 N–H and O–H groups in total. The van der Waals surface area contributed by atoms with Crippen LogP contribution in [-0.4, -0.2) is 4.98 Å². The van der Waals surface area contributed by atoms with Gasteiger partial charge in [0, 0.05) is 23.3 Å². The molecular weight excluding hydrogens is 270 g/mol. The van der Waals surface area contributed by atoms with Crippen molar-refractivity contribution in [3.63, 3.8) is 0 Å². The molecule has 2 aromatic heterocycles. The zero-order valence-corrected chi connectivity index (χ0v) is 10.1. The van der Waals surface area contributed by atoms with Crippen molar-refractivity contribution in [2.45, 2.75) is 12.5 Å². The van der Waals surface area contributed by atoms with Crippen LogP contribution < -0.4 is 11.3 Å². The minimum Gasteiger partial charge on any atom is -0.469 e. The predicted octanol–water partition coefficient (Wildman–Crippen LogP) is 2.18. The van der Waals surface area contributed by atoms with Gasteiger partial charge in [-0.1, -0.05) is 0 Å². The molecule has 84 valence electrons. The average molecular weight is 282 g/mol. The van der Waals surface area contributed by atoms with Crippen LogP contribution in [0, 0.1) is 0 Å². The van der Waals surface area contributed by atoms with Crippen molar-refractivity contribution in [1.82, 2.24) is 10.4 Å². The summed E-state index contributed by atoms with van der Waals surface area (Å²) in [5.41, 5.74) is 3.78. The van der Waals surface area contributed by atoms with Crippen LogP contribution in [0.1, 0.15) is 17.4 Å². The Bertz CT molecular complexity index is 444. The summed E-state index contributed by atoms with van der Waals surface area (Å²) in [4.78, 5) is 4.11. The Labute approximate surface area is 102 Å². The summed E-state index contributed by atoms with van der Waals surface area (Å²) in [5, 5.41) is 0. The van der Waals surface area contributed by atoms with Crippen molar-refractivity contribution in [2.24, 2.45) is 5.84 Å². The first kappa shape index (κ1) is 11.3. The van der Waals surface area contributed by atoms with Crippen LogP contribution in [0.2, 0.25) is 0 Å². The zero-order chi connectivity index (χ0) is 11.4. The molecule has 4 nitrogen and oxygen atoms in total. The maximum atomic E-state index is 5.54. The lowest BCUT2D eigenvalue weighted by Crippen LogP contribution is -2.29.